The predicted octanol–water partition coefficient (Wildman–Crippen LogP) is 3.37. The second kappa shape index (κ2) is 5.89. The molecular formula is C11H3Cl2FN4. The van der Waals surface area contributed by atoms with Gasteiger partial charge in [0.1, 0.15) is 29.7 Å². The third-order valence-corrected chi connectivity index (χ3v) is 2.36. The molecule has 0 saturated carbocycles. The minimum atomic E-state index is -0.796. The van der Waals surface area contributed by atoms with Crippen LogP contribution in [-0.4, -0.2) is 0 Å². The maximum absolute atomic E-state index is 13.6. The highest BCUT2D eigenvalue weighted by Gasteiger charge is 2.13. The van der Waals surface area contributed by atoms with Gasteiger partial charge in [-0.1, -0.05) is 23.2 Å². The maximum Gasteiger partial charge on any atom is 0.163 e. The Morgan fingerprint density at radius 2 is 1.72 bits per heavy atom. The average Bonchev–Trinajstić information content (AvgIpc) is 2.32. The molecule has 88 valence electrons. The second-order valence-electron chi connectivity index (χ2n) is 2.95. The highest BCUT2D eigenvalue weighted by molar-refractivity contribution is 6.36. The number of nitrogens with zero attached hydrogens (tertiary/aromatic N) is 3. The third-order valence-electron chi connectivity index (χ3n) is 1.84. The van der Waals surface area contributed by atoms with Gasteiger partial charge in [-0.05, 0) is 12.1 Å². The largest absolute Gasteiger partial charge is 0.342 e. The number of rotatable bonds is 2. The van der Waals surface area contributed by atoms with Crippen LogP contribution in [0, 0.1) is 39.8 Å². The Morgan fingerprint density at radius 3 is 2.17 bits per heavy atom. The first-order valence-corrected chi connectivity index (χ1v) is 5.15. The molecule has 0 aromatic heterocycles. The Hall–Kier alpha value is -2.26. The zero-order valence-corrected chi connectivity index (χ0v) is 10.1. The zero-order valence-electron chi connectivity index (χ0n) is 8.63. The summed E-state index contributed by atoms with van der Waals surface area (Å²) in [7, 11) is 0. The molecule has 0 unspecified atom stereocenters. The lowest BCUT2D eigenvalue weighted by atomic mass is 10.2. The van der Waals surface area contributed by atoms with Gasteiger partial charge in [-0.3, -0.25) is 0 Å². The van der Waals surface area contributed by atoms with E-state index in [9.17, 15) is 4.39 Å². The van der Waals surface area contributed by atoms with E-state index < -0.39 is 11.4 Å². The van der Waals surface area contributed by atoms with Crippen molar-refractivity contribution in [3.05, 3.63) is 39.3 Å². The lowest BCUT2D eigenvalue weighted by Gasteiger charge is -2.08. The normalized spacial score (nSPS) is 8.67. The lowest BCUT2D eigenvalue weighted by Crippen LogP contribution is -2.03. The first-order chi connectivity index (χ1) is 8.53. The number of nitrogens with one attached hydrogen (secondary N) is 1. The van der Waals surface area contributed by atoms with Gasteiger partial charge < -0.3 is 5.32 Å². The fourth-order valence-corrected chi connectivity index (χ4v) is 1.59. The molecule has 0 aliphatic heterocycles. The van der Waals surface area contributed by atoms with Gasteiger partial charge in [-0.25, -0.2) is 4.39 Å². The topological polar surface area (TPSA) is 83.4 Å². The zero-order chi connectivity index (χ0) is 13.7. The van der Waals surface area contributed by atoms with Crippen molar-refractivity contribution in [1.29, 1.82) is 15.8 Å². The fraction of sp³-hybridized carbons (Fsp3) is 0. The van der Waals surface area contributed by atoms with E-state index >= 15 is 0 Å². The van der Waals surface area contributed by atoms with Gasteiger partial charge in [0.2, 0.25) is 0 Å². The molecule has 1 aromatic rings. The molecule has 0 bridgehead atoms. The van der Waals surface area contributed by atoms with Crippen LogP contribution in [0.3, 0.4) is 0 Å². The molecule has 0 aliphatic rings. The number of halogens is 3. The molecule has 0 aliphatic carbocycles. The minimum absolute atomic E-state index is 0.0667. The summed E-state index contributed by atoms with van der Waals surface area (Å²) in [6.45, 7) is 0. The van der Waals surface area contributed by atoms with E-state index in [0.717, 1.165) is 6.07 Å². The van der Waals surface area contributed by atoms with Gasteiger partial charge in [0.15, 0.2) is 5.57 Å². The van der Waals surface area contributed by atoms with Gasteiger partial charge in [0.05, 0.1) is 10.7 Å². The summed E-state index contributed by atoms with van der Waals surface area (Å²) in [6.07, 6.45) is 0. The molecule has 1 aromatic carbocycles. The SMILES string of the molecule is N#CC(C#N)=C(C#N)Nc1c(F)cc(Cl)cc1Cl. The molecule has 1 rings (SSSR count). The molecule has 0 fully saturated rings. The Morgan fingerprint density at radius 1 is 1.11 bits per heavy atom. The van der Waals surface area contributed by atoms with Crippen molar-refractivity contribution in [2.45, 2.75) is 0 Å². The van der Waals surface area contributed by atoms with Crippen LogP contribution in [0.15, 0.2) is 23.4 Å². The fourth-order valence-electron chi connectivity index (χ4n) is 1.07. The van der Waals surface area contributed by atoms with Gasteiger partial charge in [0, 0.05) is 5.02 Å². The highest BCUT2D eigenvalue weighted by Crippen LogP contribution is 2.30. The monoisotopic (exact) mass is 280 g/mol. The summed E-state index contributed by atoms with van der Waals surface area (Å²) in [6, 6.07) is 6.87. The summed E-state index contributed by atoms with van der Waals surface area (Å²) in [4.78, 5) is 0. The van der Waals surface area contributed by atoms with Crippen LogP contribution in [0.5, 0.6) is 0 Å². The van der Waals surface area contributed by atoms with E-state index in [4.69, 9.17) is 39.0 Å². The standard InChI is InChI=1S/C11H3Cl2FN4/c12-7-1-8(13)11(9(14)2-7)18-10(5-17)6(3-15)4-16/h1-2,18H. The van der Waals surface area contributed by atoms with Crippen molar-refractivity contribution in [3.63, 3.8) is 0 Å². The predicted molar refractivity (Wildman–Crippen MR) is 63.9 cm³/mol. The van der Waals surface area contributed by atoms with Crippen LogP contribution >= 0.6 is 23.2 Å². The summed E-state index contributed by atoms with van der Waals surface area (Å²) in [5.74, 6) is -0.796. The minimum Gasteiger partial charge on any atom is -0.342 e. The Bertz CT molecular complexity index is 607. The first-order valence-electron chi connectivity index (χ1n) is 4.39. The third kappa shape index (κ3) is 2.90. The first kappa shape index (κ1) is 13.8. The second-order valence-corrected chi connectivity index (χ2v) is 3.80. The van der Waals surface area contributed by atoms with Crippen LogP contribution in [0.25, 0.3) is 0 Å². The molecule has 18 heavy (non-hydrogen) atoms. The quantitative estimate of drug-likeness (QED) is 0.842. The van der Waals surface area contributed by atoms with Crippen molar-refractivity contribution >= 4 is 28.9 Å². The van der Waals surface area contributed by atoms with E-state index in [1.807, 2.05) is 0 Å². The molecule has 0 saturated heterocycles. The number of benzene rings is 1. The average molecular weight is 281 g/mol. The Labute approximate surface area is 112 Å². The summed E-state index contributed by atoms with van der Waals surface area (Å²) in [5.41, 5.74) is -1.08. The lowest BCUT2D eigenvalue weighted by molar-refractivity contribution is 0.631. The van der Waals surface area contributed by atoms with Crippen molar-refractivity contribution in [3.8, 4) is 18.2 Å². The van der Waals surface area contributed by atoms with Crippen molar-refractivity contribution < 1.29 is 4.39 Å². The number of anilines is 1. The number of nitriles is 3. The van der Waals surface area contributed by atoms with Crippen molar-refractivity contribution in [1.82, 2.24) is 0 Å². The van der Waals surface area contributed by atoms with Crippen LogP contribution < -0.4 is 5.32 Å². The molecule has 0 radical (unpaired) electrons. The van der Waals surface area contributed by atoms with E-state index in [1.54, 1.807) is 6.07 Å². The van der Waals surface area contributed by atoms with E-state index in [0.29, 0.717) is 0 Å². The van der Waals surface area contributed by atoms with Crippen molar-refractivity contribution in [2.24, 2.45) is 0 Å². The smallest absolute Gasteiger partial charge is 0.163 e. The number of hydrogen-bond acceptors (Lipinski definition) is 4. The molecule has 0 amide bonds. The van der Waals surface area contributed by atoms with E-state index in [-0.39, 0.29) is 21.4 Å². The maximum atomic E-state index is 13.6. The Balaban J connectivity index is 3.30. The molecule has 7 heteroatoms. The molecular weight excluding hydrogens is 278 g/mol. The number of allylic oxidation sites excluding steroid dienone is 2. The van der Waals surface area contributed by atoms with E-state index in [2.05, 4.69) is 5.32 Å². The highest BCUT2D eigenvalue weighted by atomic mass is 35.5. The van der Waals surface area contributed by atoms with Crippen molar-refractivity contribution in [2.75, 3.05) is 5.32 Å². The van der Waals surface area contributed by atoms with Gasteiger partial charge >= 0.3 is 0 Å². The number of hydrogen-bond donors (Lipinski definition) is 1. The summed E-state index contributed by atoms with van der Waals surface area (Å²) < 4.78 is 13.6. The van der Waals surface area contributed by atoms with Crippen LogP contribution in [0.4, 0.5) is 10.1 Å². The van der Waals surface area contributed by atoms with Gasteiger partial charge in [0.25, 0.3) is 0 Å². The molecule has 0 atom stereocenters. The van der Waals surface area contributed by atoms with Crippen LogP contribution in [-0.2, 0) is 0 Å². The Kier molecular flexibility index (Phi) is 4.52. The van der Waals surface area contributed by atoms with E-state index in [1.165, 1.54) is 18.2 Å². The summed E-state index contributed by atoms with van der Waals surface area (Å²) >= 11 is 11.3. The molecule has 1 N–H and O–H groups in total. The van der Waals surface area contributed by atoms with Crippen LogP contribution in [0.1, 0.15) is 0 Å². The van der Waals surface area contributed by atoms with Gasteiger partial charge in [-0.2, -0.15) is 15.8 Å². The van der Waals surface area contributed by atoms with Gasteiger partial charge in [-0.15, -0.1) is 0 Å². The molecule has 0 spiro atoms. The molecule has 0 heterocycles. The van der Waals surface area contributed by atoms with Crippen LogP contribution in [0.2, 0.25) is 10.0 Å². The summed E-state index contributed by atoms with van der Waals surface area (Å²) in [5, 5.41) is 28.4. The molecule has 4 nitrogen and oxygen atoms in total.